The molecule has 1 saturated carbocycles. The Labute approximate surface area is 160 Å². The van der Waals surface area contributed by atoms with Gasteiger partial charge in [0.25, 0.3) is 10.0 Å². The molecule has 6 nitrogen and oxygen atoms in total. The van der Waals surface area contributed by atoms with E-state index in [2.05, 4.69) is 30.2 Å². The maximum Gasteiger partial charge on any atom is 0.266 e. The van der Waals surface area contributed by atoms with Gasteiger partial charge in [0, 0.05) is 23.1 Å². The topological polar surface area (TPSA) is 84.2 Å². The van der Waals surface area contributed by atoms with E-state index in [0.29, 0.717) is 16.9 Å². The predicted octanol–water partition coefficient (Wildman–Crippen LogP) is 4.48. The average Bonchev–Trinajstić information content (AvgIpc) is 3.19. The second-order valence-corrected chi connectivity index (χ2v) is 9.06. The van der Waals surface area contributed by atoms with Crippen molar-refractivity contribution in [2.75, 3.05) is 4.72 Å². The quantitative estimate of drug-likeness (QED) is 0.706. The Hall–Kier alpha value is -1.25. The Kier molecular flexibility index (Phi) is 5.31. The average molecular weight is 449 g/mol. The van der Waals surface area contributed by atoms with E-state index in [9.17, 15) is 13.5 Å². The molecule has 9 heteroatoms. The van der Waals surface area contributed by atoms with Crippen LogP contribution >= 0.6 is 27.5 Å². The van der Waals surface area contributed by atoms with Crippen LogP contribution in [0.3, 0.4) is 0 Å². The van der Waals surface area contributed by atoms with Crippen molar-refractivity contribution < 1.29 is 13.5 Å². The summed E-state index contributed by atoms with van der Waals surface area (Å²) in [5, 5.41) is 9.98. The van der Waals surface area contributed by atoms with Gasteiger partial charge in [0.2, 0.25) is 0 Å². The molecule has 0 aliphatic heterocycles. The van der Waals surface area contributed by atoms with Gasteiger partial charge in [0.05, 0.1) is 5.02 Å². The van der Waals surface area contributed by atoms with Crippen LogP contribution in [0.1, 0.15) is 44.5 Å². The number of benzene rings is 1. The predicted molar refractivity (Wildman–Crippen MR) is 101 cm³/mol. The van der Waals surface area contributed by atoms with Gasteiger partial charge in [-0.1, -0.05) is 47.3 Å². The van der Waals surface area contributed by atoms with E-state index in [1.165, 1.54) is 25.0 Å². The third-order valence-corrected chi connectivity index (χ3v) is 6.48. The summed E-state index contributed by atoms with van der Waals surface area (Å²) in [6.07, 6.45) is 6.97. The number of hydrogen-bond donors (Lipinski definition) is 2. The number of anilines is 1. The number of hydrogen-bond acceptors (Lipinski definition) is 4. The molecule has 1 aromatic heterocycles. The lowest BCUT2D eigenvalue weighted by Gasteiger charge is -2.13. The zero-order valence-electron chi connectivity index (χ0n) is 13.7. The summed E-state index contributed by atoms with van der Waals surface area (Å²) in [6, 6.07) is 3.10. The summed E-state index contributed by atoms with van der Waals surface area (Å²) in [6.45, 7) is 1.99. The molecule has 0 atom stereocenters. The first-order valence-corrected chi connectivity index (χ1v) is 10.8. The van der Waals surface area contributed by atoms with Crippen LogP contribution in [0, 0.1) is 0 Å². The molecule has 0 unspecified atom stereocenters. The molecule has 3 rings (SSSR count). The molecule has 1 aromatic carbocycles. The Morgan fingerprint density at radius 1 is 1.40 bits per heavy atom. The molecule has 136 valence electrons. The molecule has 0 saturated heterocycles. The number of aryl methyl sites for hydroxylation is 1. The van der Waals surface area contributed by atoms with E-state index < -0.39 is 15.8 Å². The Morgan fingerprint density at radius 2 is 2.08 bits per heavy atom. The summed E-state index contributed by atoms with van der Waals surface area (Å²) < 4.78 is 30.3. The highest BCUT2D eigenvalue weighted by Gasteiger charge is 2.25. The third kappa shape index (κ3) is 3.80. The van der Waals surface area contributed by atoms with Gasteiger partial charge in [-0.15, -0.1) is 0 Å². The lowest BCUT2D eigenvalue weighted by atomic mass is 10.2. The minimum atomic E-state index is -4.01. The normalized spacial score (nSPS) is 15.6. The summed E-state index contributed by atoms with van der Waals surface area (Å²) in [7, 11) is -4.01. The fraction of sp³-hybridized carbons (Fsp3) is 0.438. The van der Waals surface area contributed by atoms with Crippen molar-refractivity contribution in [3.63, 3.8) is 0 Å². The molecular formula is C16H19BrClN3O3S. The van der Waals surface area contributed by atoms with Crippen molar-refractivity contribution in [1.29, 1.82) is 0 Å². The summed E-state index contributed by atoms with van der Waals surface area (Å²) in [5.74, 6) is 0.614. The van der Waals surface area contributed by atoms with E-state index in [4.69, 9.17) is 11.6 Å². The standard InChI is InChI=1S/C16H19BrClN3O3S/c1-2-15-19-14(9-21(15)11-5-3-4-6-11)20-25(23,24)13-8-10(17)7-12(18)16(13)22/h7-9,11,20,22H,2-6H2,1H3. The molecule has 2 N–H and O–H groups in total. The van der Waals surface area contributed by atoms with Crippen LogP contribution < -0.4 is 4.72 Å². The van der Waals surface area contributed by atoms with Crippen LogP contribution in [-0.2, 0) is 16.4 Å². The molecule has 1 heterocycles. The van der Waals surface area contributed by atoms with Gasteiger partial charge in [0.1, 0.15) is 10.7 Å². The maximum atomic E-state index is 12.7. The van der Waals surface area contributed by atoms with E-state index in [-0.39, 0.29) is 15.7 Å². The maximum absolute atomic E-state index is 12.7. The minimum Gasteiger partial charge on any atom is -0.505 e. The number of nitrogens with one attached hydrogen (secondary N) is 1. The molecule has 25 heavy (non-hydrogen) atoms. The lowest BCUT2D eigenvalue weighted by Crippen LogP contribution is -2.13. The van der Waals surface area contributed by atoms with E-state index >= 15 is 0 Å². The molecule has 0 amide bonds. The minimum absolute atomic E-state index is 0.0412. The molecular weight excluding hydrogens is 430 g/mol. The van der Waals surface area contributed by atoms with Gasteiger partial charge in [-0.3, -0.25) is 4.72 Å². The van der Waals surface area contributed by atoms with E-state index in [1.54, 1.807) is 6.20 Å². The van der Waals surface area contributed by atoms with E-state index in [0.717, 1.165) is 18.7 Å². The number of sulfonamides is 1. The summed E-state index contributed by atoms with van der Waals surface area (Å²) in [4.78, 5) is 4.11. The number of nitrogens with zero attached hydrogens (tertiary/aromatic N) is 2. The van der Waals surface area contributed by atoms with Gasteiger partial charge in [0.15, 0.2) is 11.6 Å². The zero-order chi connectivity index (χ0) is 18.2. The van der Waals surface area contributed by atoms with Crippen LogP contribution in [0.5, 0.6) is 5.75 Å². The molecule has 2 aromatic rings. The van der Waals surface area contributed by atoms with E-state index in [1.807, 2.05) is 6.92 Å². The second-order valence-electron chi connectivity index (χ2n) is 6.08. The molecule has 0 bridgehead atoms. The number of rotatable bonds is 5. The van der Waals surface area contributed by atoms with Crippen molar-refractivity contribution in [2.45, 2.75) is 50.0 Å². The van der Waals surface area contributed by atoms with Crippen molar-refractivity contribution in [3.05, 3.63) is 33.6 Å². The number of aromatic nitrogens is 2. The highest BCUT2D eigenvalue weighted by atomic mass is 79.9. The monoisotopic (exact) mass is 447 g/mol. The van der Waals surface area contributed by atoms with Crippen molar-refractivity contribution >= 4 is 43.4 Å². The molecule has 1 aliphatic rings. The SMILES string of the molecule is CCc1nc(NS(=O)(=O)c2cc(Br)cc(Cl)c2O)cn1C1CCCC1. The van der Waals surface area contributed by atoms with Gasteiger partial charge >= 0.3 is 0 Å². The van der Waals surface area contributed by atoms with Crippen LogP contribution in [-0.4, -0.2) is 23.1 Å². The molecule has 1 fully saturated rings. The zero-order valence-corrected chi connectivity index (χ0v) is 16.8. The van der Waals surface area contributed by atoms with Crippen LogP contribution in [0.25, 0.3) is 0 Å². The highest BCUT2D eigenvalue weighted by molar-refractivity contribution is 9.10. The number of aromatic hydroxyl groups is 1. The molecule has 0 radical (unpaired) electrons. The lowest BCUT2D eigenvalue weighted by molar-refractivity contribution is 0.459. The first kappa shape index (κ1) is 18.5. The smallest absolute Gasteiger partial charge is 0.266 e. The molecule has 0 spiro atoms. The molecule has 1 aliphatic carbocycles. The van der Waals surface area contributed by atoms with Crippen molar-refractivity contribution in [3.8, 4) is 5.75 Å². The number of phenols is 1. The van der Waals surface area contributed by atoms with Crippen LogP contribution in [0.4, 0.5) is 5.82 Å². The first-order chi connectivity index (χ1) is 11.8. The van der Waals surface area contributed by atoms with Crippen molar-refractivity contribution in [2.24, 2.45) is 0 Å². The highest BCUT2D eigenvalue weighted by Crippen LogP contribution is 2.36. The van der Waals surface area contributed by atoms with Gasteiger partial charge < -0.3 is 9.67 Å². The third-order valence-electron chi connectivity index (χ3n) is 4.36. The largest absolute Gasteiger partial charge is 0.505 e. The van der Waals surface area contributed by atoms with Crippen LogP contribution in [0.2, 0.25) is 5.02 Å². The van der Waals surface area contributed by atoms with Gasteiger partial charge in [-0.25, -0.2) is 13.4 Å². The number of phenolic OH excluding ortho intramolecular Hbond substituents is 1. The van der Waals surface area contributed by atoms with Crippen molar-refractivity contribution in [1.82, 2.24) is 9.55 Å². The Balaban J connectivity index is 1.94. The number of halogens is 2. The second kappa shape index (κ2) is 7.17. The summed E-state index contributed by atoms with van der Waals surface area (Å²) >= 11 is 9.06. The Morgan fingerprint density at radius 3 is 2.72 bits per heavy atom. The van der Waals surface area contributed by atoms with Gasteiger partial charge in [-0.2, -0.15) is 0 Å². The fourth-order valence-electron chi connectivity index (χ4n) is 3.18. The van der Waals surface area contributed by atoms with Gasteiger partial charge in [-0.05, 0) is 25.0 Å². The van der Waals surface area contributed by atoms with Crippen LogP contribution in [0.15, 0.2) is 27.7 Å². The fourth-order valence-corrected chi connectivity index (χ4v) is 5.33. The summed E-state index contributed by atoms with van der Waals surface area (Å²) in [5.41, 5.74) is 0. The number of imidazole rings is 1. The first-order valence-electron chi connectivity index (χ1n) is 8.10. The Bertz CT molecular complexity index is 892.